The first-order valence-corrected chi connectivity index (χ1v) is 7.74. The highest BCUT2D eigenvalue weighted by Gasteiger charge is 2.10. The number of rotatable bonds is 4. The molecule has 108 valence electrons. The van der Waals surface area contributed by atoms with Gasteiger partial charge in [-0.15, -0.1) is 0 Å². The van der Waals surface area contributed by atoms with E-state index in [1.54, 1.807) is 0 Å². The van der Waals surface area contributed by atoms with Gasteiger partial charge in [-0.2, -0.15) is 0 Å². The van der Waals surface area contributed by atoms with Crippen molar-refractivity contribution in [2.24, 2.45) is 0 Å². The second-order valence-electron chi connectivity index (χ2n) is 5.21. The number of halogens is 1. The van der Waals surface area contributed by atoms with Gasteiger partial charge >= 0.3 is 0 Å². The van der Waals surface area contributed by atoms with E-state index in [1.165, 1.54) is 16.7 Å². The molecule has 0 radical (unpaired) electrons. The molecule has 0 fully saturated rings. The molecule has 3 rings (SSSR count). The van der Waals surface area contributed by atoms with Gasteiger partial charge in [-0.3, -0.25) is 0 Å². The van der Waals surface area contributed by atoms with Crippen LogP contribution in [0.4, 0.5) is 0 Å². The fourth-order valence-electron chi connectivity index (χ4n) is 2.52. The molecule has 1 unspecified atom stereocenters. The zero-order chi connectivity index (χ0) is 15.2. The highest BCUT2D eigenvalue weighted by molar-refractivity contribution is 6.30. The topological polar surface area (TPSA) is 0 Å². The van der Waals surface area contributed by atoms with Crippen LogP contribution in [0.25, 0.3) is 6.08 Å². The van der Waals surface area contributed by atoms with Gasteiger partial charge in [0.2, 0.25) is 0 Å². The molecule has 22 heavy (non-hydrogen) atoms. The molecule has 0 heterocycles. The summed E-state index contributed by atoms with van der Waals surface area (Å²) in [6, 6.07) is 29.0. The van der Waals surface area contributed by atoms with Crippen LogP contribution in [-0.4, -0.2) is 0 Å². The summed E-state index contributed by atoms with van der Waals surface area (Å²) in [6.45, 7) is 0. The summed E-state index contributed by atoms with van der Waals surface area (Å²) in [4.78, 5) is 0. The smallest absolute Gasteiger partial charge is 0.0406 e. The van der Waals surface area contributed by atoms with E-state index in [0.29, 0.717) is 0 Å². The molecule has 3 aromatic carbocycles. The summed E-state index contributed by atoms with van der Waals surface area (Å²) in [5, 5.41) is 0.766. The molecule has 0 nitrogen and oxygen atoms in total. The van der Waals surface area contributed by atoms with Crippen LogP contribution >= 0.6 is 11.6 Å². The third-order valence-electron chi connectivity index (χ3n) is 3.67. The first kappa shape index (κ1) is 14.6. The van der Waals surface area contributed by atoms with E-state index in [0.717, 1.165) is 5.02 Å². The number of hydrogen-bond acceptors (Lipinski definition) is 0. The molecule has 0 saturated heterocycles. The van der Waals surface area contributed by atoms with Crippen molar-refractivity contribution in [1.82, 2.24) is 0 Å². The lowest BCUT2D eigenvalue weighted by molar-refractivity contribution is 1.03. The summed E-state index contributed by atoms with van der Waals surface area (Å²) in [6.07, 6.45) is 4.42. The van der Waals surface area contributed by atoms with Crippen molar-refractivity contribution >= 4 is 17.7 Å². The van der Waals surface area contributed by atoms with Gasteiger partial charge in [0.1, 0.15) is 0 Å². The molecule has 0 saturated carbocycles. The summed E-state index contributed by atoms with van der Waals surface area (Å²) in [5.41, 5.74) is 3.72. The maximum absolute atomic E-state index is 6.02. The molecule has 0 bridgehead atoms. The number of allylic oxidation sites excluding steroid dienone is 1. The van der Waals surface area contributed by atoms with Crippen molar-refractivity contribution in [2.75, 3.05) is 0 Å². The Morgan fingerprint density at radius 2 is 1.18 bits per heavy atom. The minimum Gasteiger partial charge on any atom is -0.0843 e. The third kappa shape index (κ3) is 3.66. The monoisotopic (exact) mass is 304 g/mol. The molecular weight excluding hydrogens is 288 g/mol. The van der Waals surface area contributed by atoms with Gasteiger partial charge in [-0.25, -0.2) is 0 Å². The average Bonchev–Trinajstić information content (AvgIpc) is 2.58. The molecule has 0 aliphatic carbocycles. The molecular formula is C21H17Cl. The molecule has 3 aromatic rings. The van der Waals surface area contributed by atoms with Crippen LogP contribution in [0, 0.1) is 0 Å². The van der Waals surface area contributed by atoms with E-state index in [-0.39, 0.29) is 5.92 Å². The first-order chi connectivity index (χ1) is 10.8. The lowest BCUT2D eigenvalue weighted by atomic mass is 9.90. The summed E-state index contributed by atoms with van der Waals surface area (Å²) >= 11 is 6.02. The lowest BCUT2D eigenvalue weighted by Crippen LogP contribution is -1.97. The first-order valence-electron chi connectivity index (χ1n) is 7.36. The van der Waals surface area contributed by atoms with E-state index in [2.05, 4.69) is 72.8 Å². The standard InChI is InChI=1S/C21H17Cl/c22-20-14-12-19(13-15-20)21(18-9-5-2-6-10-18)16-11-17-7-3-1-4-8-17/h1-16,21H. The second-order valence-corrected chi connectivity index (χ2v) is 5.65. The summed E-state index contributed by atoms with van der Waals surface area (Å²) < 4.78 is 0. The third-order valence-corrected chi connectivity index (χ3v) is 3.92. The largest absolute Gasteiger partial charge is 0.0843 e. The highest BCUT2D eigenvalue weighted by Crippen LogP contribution is 2.27. The van der Waals surface area contributed by atoms with Gasteiger partial charge in [-0.1, -0.05) is 96.5 Å². The fraction of sp³-hybridized carbons (Fsp3) is 0.0476. The van der Waals surface area contributed by atoms with Crippen LogP contribution in [0.1, 0.15) is 22.6 Å². The Labute approximate surface area is 136 Å². The molecule has 0 N–H and O–H groups in total. The Bertz CT molecular complexity index is 728. The minimum absolute atomic E-state index is 0.221. The second kappa shape index (κ2) is 7.11. The van der Waals surface area contributed by atoms with Crippen molar-refractivity contribution in [3.05, 3.63) is 113 Å². The Morgan fingerprint density at radius 1 is 0.636 bits per heavy atom. The predicted molar refractivity (Wildman–Crippen MR) is 95.2 cm³/mol. The van der Waals surface area contributed by atoms with Gasteiger partial charge in [-0.05, 0) is 28.8 Å². The normalized spacial score (nSPS) is 12.4. The molecule has 1 atom stereocenters. The molecule has 0 aliphatic heterocycles. The summed E-state index contributed by atoms with van der Waals surface area (Å²) in [5.74, 6) is 0.221. The van der Waals surface area contributed by atoms with Crippen LogP contribution in [0.3, 0.4) is 0 Å². The minimum atomic E-state index is 0.221. The number of benzene rings is 3. The van der Waals surface area contributed by atoms with Crippen molar-refractivity contribution in [2.45, 2.75) is 5.92 Å². The van der Waals surface area contributed by atoms with Crippen LogP contribution in [0.5, 0.6) is 0 Å². The van der Waals surface area contributed by atoms with E-state index in [9.17, 15) is 0 Å². The fourth-order valence-corrected chi connectivity index (χ4v) is 2.64. The predicted octanol–water partition coefficient (Wildman–Crippen LogP) is 6.19. The average molecular weight is 305 g/mol. The Hall–Kier alpha value is -2.31. The van der Waals surface area contributed by atoms with Crippen molar-refractivity contribution in [1.29, 1.82) is 0 Å². The molecule has 1 heteroatoms. The van der Waals surface area contributed by atoms with Crippen molar-refractivity contribution < 1.29 is 0 Å². The zero-order valence-corrected chi connectivity index (χ0v) is 12.9. The maximum Gasteiger partial charge on any atom is 0.0406 e. The highest BCUT2D eigenvalue weighted by atomic mass is 35.5. The van der Waals surface area contributed by atoms with E-state index >= 15 is 0 Å². The van der Waals surface area contributed by atoms with Gasteiger partial charge in [0.05, 0.1) is 0 Å². The zero-order valence-electron chi connectivity index (χ0n) is 12.2. The van der Waals surface area contributed by atoms with Gasteiger partial charge in [0, 0.05) is 10.9 Å². The Morgan fingerprint density at radius 3 is 1.82 bits per heavy atom. The molecule has 0 aromatic heterocycles. The van der Waals surface area contributed by atoms with Crippen LogP contribution in [0.2, 0.25) is 5.02 Å². The maximum atomic E-state index is 6.02. The van der Waals surface area contributed by atoms with Gasteiger partial charge in [0.15, 0.2) is 0 Å². The van der Waals surface area contributed by atoms with Crippen LogP contribution in [-0.2, 0) is 0 Å². The Kier molecular flexibility index (Phi) is 4.72. The van der Waals surface area contributed by atoms with Crippen molar-refractivity contribution in [3.8, 4) is 0 Å². The van der Waals surface area contributed by atoms with Crippen LogP contribution in [0.15, 0.2) is 91.0 Å². The summed E-state index contributed by atoms with van der Waals surface area (Å²) in [7, 11) is 0. The number of hydrogen-bond donors (Lipinski definition) is 0. The van der Waals surface area contributed by atoms with Crippen LogP contribution < -0.4 is 0 Å². The SMILES string of the molecule is Clc1ccc(C(C=Cc2ccccc2)c2ccccc2)cc1. The van der Waals surface area contributed by atoms with E-state index < -0.39 is 0 Å². The van der Waals surface area contributed by atoms with Crippen molar-refractivity contribution in [3.63, 3.8) is 0 Å². The van der Waals surface area contributed by atoms with E-state index in [4.69, 9.17) is 11.6 Å². The molecule has 0 aliphatic rings. The Balaban J connectivity index is 1.96. The quantitative estimate of drug-likeness (QED) is 0.539. The van der Waals surface area contributed by atoms with Gasteiger partial charge < -0.3 is 0 Å². The molecule has 0 spiro atoms. The van der Waals surface area contributed by atoms with E-state index in [1.807, 2.05) is 24.3 Å². The lowest BCUT2D eigenvalue weighted by Gasteiger charge is -2.14. The van der Waals surface area contributed by atoms with Gasteiger partial charge in [0.25, 0.3) is 0 Å². The molecule has 0 amide bonds.